The van der Waals surface area contributed by atoms with E-state index in [-0.39, 0.29) is 31.0 Å². The molecule has 3 aliphatic heterocycles. The second-order valence-corrected chi connectivity index (χ2v) is 6.43. The van der Waals surface area contributed by atoms with Crippen LogP contribution in [0.4, 0.5) is 0 Å². The molecule has 0 unspecified atom stereocenters. The first-order valence-electron chi connectivity index (χ1n) is 7.19. The van der Waals surface area contributed by atoms with Crippen molar-refractivity contribution in [3.8, 4) is 12.3 Å². The monoisotopic (exact) mass is 298 g/mol. The first-order chi connectivity index (χ1) is 9.81. The molecule has 0 aromatic rings. The predicted octanol–water partition coefficient (Wildman–Crippen LogP) is 1.03. The largest absolute Gasteiger partial charge is 0.366 e. The molecule has 3 aliphatic rings. The topological polar surface area (TPSA) is 55.4 Å². The number of ether oxygens (including phenoxy) is 6. The summed E-state index contributed by atoms with van der Waals surface area (Å²) < 4.78 is 35.0. The lowest BCUT2D eigenvalue weighted by Gasteiger charge is -2.37. The zero-order chi connectivity index (χ0) is 15.3. The first kappa shape index (κ1) is 15.2. The van der Waals surface area contributed by atoms with E-state index in [1.54, 1.807) is 0 Å². The maximum Gasteiger partial charge on any atom is 0.190 e. The van der Waals surface area contributed by atoms with Crippen molar-refractivity contribution in [2.24, 2.45) is 0 Å². The summed E-state index contributed by atoms with van der Waals surface area (Å²) in [7, 11) is 0. The molecule has 6 nitrogen and oxygen atoms in total. The number of fused-ring (bicyclic) bond motifs is 3. The smallest absolute Gasteiger partial charge is 0.190 e. The summed E-state index contributed by atoms with van der Waals surface area (Å²) in [5, 5.41) is 0. The quantitative estimate of drug-likeness (QED) is 0.573. The molecule has 118 valence electrons. The van der Waals surface area contributed by atoms with Crippen LogP contribution >= 0.6 is 0 Å². The standard InChI is InChI=1S/C15H22O6/c1-6-7-16-8-9-10-11(19-14(2,3)18-10)12-13(17-9)21-15(4,5)20-12/h1,9-13H,7-8H2,2-5H3/t9-,10+,11+,12-,13-/m0/s1. The molecule has 0 aliphatic carbocycles. The zero-order valence-electron chi connectivity index (χ0n) is 12.8. The molecule has 5 atom stereocenters. The lowest BCUT2D eigenvalue weighted by molar-refractivity contribution is -0.242. The molecule has 3 heterocycles. The van der Waals surface area contributed by atoms with E-state index in [4.69, 9.17) is 34.8 Å². The summed E-state index contributed by atoms with van der Waals surface area (Å²) in [5.74, 6) is 1.05. The van der Waals surface area contributed by atoms with Gasteiger partial charge in [-0.1, -0.05) is 5.92 Å². The van der Waals surface area contributed by atoms with Gasteiger partial charge in [-0.05, 0) is 27.7 Å². The fraction of sp³-hybridized carbons (Fsp3) is 0.867. The highest BCUT2D eigenvalue weighted by molar-refractivity contribution is 5.00. The van der Waals surface area contributed by atoms with E-state index in [0.29, 0.717) is 6.61 Å². The van der Waals surface area contributed by atoms with E-state index in [0.717, 1.165) is 0 Å². The Bertz CT molecular complexity index is 440. The summed E-state index contributed by atoms with van der Waals surface area (Å²) in [6, 6.07) is 0. The summed E-state index contributed by atoms with van der Waals surface area (Å²) in [4.78, 5) is 0. The van der Waals surface area contributed by atoms with Crippen LogP contribution in [0.3, 0.4) is 0 Å². The molecule has 21 heavy (non-hydrogen) atoms. The number of rotatable bonds is 3. The van der Waals surface area contributed by atoms with Crippen LogP contribution in [0.15, 0.2) is 0 Å². The number of hydrogen-bond acceptors (Lipinski definition) is 6. The Morgan fingerprint density at radius 1 is 0.952 bits per heavy atom. The number of hydrogen-bond donors (Lipinski definition) is 0. The van der Waals surface area contributed by atoms with Crippen molar-refractivity contribution in [1.82, 2.24) is 0 Å². The van der Waals surface area contributed by atoms with Gasteiger partial charge in [0.25, 0.3) is 0 Å². The van der Waals surface area contributed by atoms with Gasteiger partial charge in [0.05, 0.1) is 6.61 Å². The third-order valence-electron chi connectivity index (χ3n) is 3.72. The Morgan fingerprint density at radius 3 is 2.29 bits per heavy atom. The van der Waals surface area contributed by atoms with Crippen LogP contribution in [0.5, 0.6) is 0 Å². The Labute approximate surface area is 125 Å². The van der Waals surface area contributed by atoms with Gasteiger partial charge in [0, 0.05) is 0 Å². The van der Waals surface area contributed by atoms with Crippen LogP contribution in [-0.4, -0.2) is 55.5 Å². The summed E-state index contributed by atoms with van der Waals surface area (Å²) in [6.07, 6.45) is 3.58. The molecule has 3 saturated heterocycles. The molecule has 3 fully saturated rings. The van der Waals surface area contributed by atoms with Crippen LogP contribution in [0.2, 0.25) is 0 Å². The van der Waals surface area contributed by atoms with Crippen molar-refractivity contribution in [3.05, 3.63) is 0 Å². The van der Waals surface area contributed by atoms with E-state index >= 15 is 0 Å². The molecular formula is C15H22O6. The Hall–Kier alpha value is -0.680. The first-order valence-corrected chi connectivity index (χ1v) is 7.19. The van der Waals surface area contributed by atoms with Crippen molar-refractivity contribution < 1.29 is 28.4 Å². The molecular weight excluding hydrogens is 276 g/mol. The molecule has 0 amide bonds. The van der Waals surface area contributed by atoms with Gasteiger partial charge in [0.1, 0.15) is 31.0 Å². The molecule has 0 N–H and O–H groups in total. The lowest BCUT2D eigenvalue weighted by atomic mass is 9.99. The normalized spacial score (nSPS) is 43.1. The molecule has 3 rings (SSSR count). The molecule has 0 saturated carbocycles. The van der Waals surface area contributed by atoms with E-state index in [2.05, 4.69) is 5.92 Å². The van der Waals surface area contributed by atoms with Gasteiger partial charge in [0.2, 0.25) is 0 Å². The van der Waals surface area contributed by atoms with Gasteiger partial charge in [-0.2, -0.15) is 0 Å². The van der Waals surface area contributed by atoms with E-state index in [9.17, 15) is 0 Å². The number of terminal acetylenes is 1. The Morgan fingerprint density at radius 2 is 1.57 bits per heavy atom. The second kappa shape index (κ2) is 5.20. The van der Waals surface area contributed by atoms with Gasteiger partial charge in [0.15, 0.2) is 17.9 Å². The van der Waals surface area contributed by atoms with E-state index in [1.165, 1.54) is 0 Å². The van der Waals surface area contributed by atoms with Crippen LogP contribution in [0, 0.1) is 12.3 Å². The van der Waals surface area contributed by atoms with Crippen LogP contribution in [-0.2, 0) is 28.4 Å². The highest BCUT2D eigenvalue weighted by atomic mass is 16.9. The second-order valence-electron chi connectivity index (χ2n) is 6.43. The van der Waals surface area contributed by atoms with Gasteiger partial charge < -0.3 is 28.4 Å². The van der Waals surface area contributed by atoms with Crippen LogP contribution in [0.1, 0.15) is 27.7 Å². The molecule has 0 aromatic carbocycles. The van der Waals surface area contributed by atoms with Gasteiger partial charge in [-0.15, -0.1) is 6.42 Å². The summed E-state index contributed by atoms with van der Waals surface area (Å²) in [6.45, 7) is 8.03. The van der Waals surface area contributed by atoms with Crippen molar-refractivity contribution in [2.75, 3.05) is 13.2 Å². The average molecular weight is 298 g/mol. The molecule has 6 heteroatoms. The highest BCUT2D eigenvalue weighted by Gasteiger charge is 2.60. The van der Waals surface area contributed by atoms with Crippen molar-refractivity contribution in [3.63, 3.8) is 0 Å². The SMILES string of the molecule is C#CCOC[C@@H]1O[C@H]2OC(C)(C)O[C@H]2[C@@H]2OC(C)(C)O[C@@H]21. The summed E-state index contributed by atoms with van der Waals surface area (Å²) in [5.41, 5.74) is 0. The maximum absolute atomic E-state index is 5.99. The molecule has 0 radical (unpaired) electrons. The van der Waals surface area contributed by atoms with Gasteiger partial charge >= 0.3 is 0 Å². The van der Waals surface area contributed by atoms with Crippen molar-refractivity contribution >= 4 is 0 Å². The molecule has 0 bridgehead atoms. The van der Waals surface area contributed by atoms with Crippen LogP contribution in [0.25, 0.3) is 0 Å². The average Bonchev–Trinajstić information content (AvgIpc) is 2.84. The van der Waals surface area contributed by atoms with Gasteiger partial charge in [-0.25, -0.2) is 0 Å². The fourth-order valence-corrected chi connectivity index (χ4v) is 3.06. The minimum Gasteiger partial charge on any atom is -0.366 e. The predicted molar refractivity (Wildman–Crippen MR) is 72.2 cm³/mol. The minimum atomic E-state index is -0.704. The minimum absolute atomic E-state index is 0.235. The Balaban J connectivity index is 1.77. The molecule has 0 spiro atoms. The van der Waals surface area contributed by atoms with Crippen molar-refractivity contribution in [1.29, 1.82) is 0 Å². The van der Waals surface area contributed by atoms with E-state index in [1.807, 2.05) is 27.7 Å². The summed E-state index contributed by atoms with van der Waals surface area (Å²) >= 11 is 0. The fourth-order valence-electron chi connectivity index (χ4n) is 3.06. The zero-order valence-corrected chi connectivity index (χ0v) is 12.8. The maximum atomic E-state index is 5.99. The van der Waals surface area contributed by atoms with E-state index < -0.39 is 17.9 Å². The Kier molecular flexibility index (Phi) is 3.77. The third kappa shape index (κ3) is 2.95. The lowest BCUT2D eigenvalue weighted by Crippen LogP contribution is -2.56. The third-order valence-corrected chi connectivity index (χ3v) is 3.72. The highest BCUT2D eigenvalue weighted by Crippen LogP contribution is 2.44. The van der Waals surface area contributed by atoms with Crippen molar-refractivity contribution in [2.45, 2.75) is 70.0 Å². The van der Waals surface area contributed by atoms with Crippen LogP contribution < -0.4 is 0 Å². The van der Waals surface area contributed by atoms with Gasteiger partial charge in [-0.3, -0.25) is 0 Å². The molecule has 0 aromatic heterocycles.